The normalized spacial score (nSPS) is 16.3. The van der Waals surface area contributed by atoms with Crippen molar-refractivity contribution in [3.63, 3.8) is 0 Å². The molecule has 9 heteroatoms. The van der Waals surface area contributed by atoms with E-state index in [2.05, 4.69) is 5.32 Å². The Kier molecular flexibility index (Phi) is 6.02. The first-order valence-electron chi connectivity index (χ1n) is 11.5. The van der Waals surface area contributed by atoms with E-state index in [0.717, 1.165) is 23.6 Å². The average Bonchev–Trinajstić information content (AvgIpc) is 2.87. The van der Waals surface area contributed by atoms with Gasteiger partial charge in [0.25, 0.3) is 15.9 Å². The van der Waals surface area contributed by atoms with Gasteiger partial charge in [-0.05, 0) is 55.7 Å². The number of para-hydroxylation sites is 1. The summed E-state index contributed by atoms with van der Waals surface area (Å²) >= 11 is 0. The maximum absolute atomic E-state index is 14.0. The zero-order chi connectivity index (χ0) is 24.6. The van der Waals surface area contributed by atoms with E-state index in [0.29, 0.717) is 35.5 Å². The summed E-state index contributed by atoms with van der Waals surface area (Å²) < 4.78 is 41.9. The monoisotopic (exact) mass is 493 g/mol. The van der Waals surface area contributed by atoms with Crippen LogP contribution in [0.25, 0.3) is 11.1 Å². The molecular formula is C26H24FN3O4S. The number of piperidine rings is 1. The Bertz CT molecular complexity index is 1420. The van der Waals surface area contributed by atoms with E-state index in [9.17, 15) is 22.4 Å². The van der Waals surface area contributed by atoms with Gasteiger partial charge in [0.2, 0.25) is 5.91 Å². The summed E-state index contributed by atoms with van der Waals surface area (Å²) in [7, 11) is -4.07. The molecule has 1 N–H and O–H groups in total. The highest BCUT2D eigenvalue weighted by Crippen LogP contribution is 2.43. The van der Waals surface area contributed by atoms with Crippen molar-refractivity contribution in [3.8, 4) is 11.1 Å². The lowest BCUT2D eigenvalue weighted by Crippen LogP contribution is -2.40. The van der Waals surface area contributed by atoms with Gasteiger partial charge in [0.05, 0.1) is 21.8 Å². The summed E-state index contributed by atoms with van der Waals surface area (Å²) in [5.74, 6) is -1.28. The molecule has 5 rings (SSSR count). The van der Waals surface area contributed by atoms with Crippen LogP contribution < -0.4 is 9.62 Å². The first-order chi connectivity index (χ1) is 16.9. The highest BCUT2D eigenvalue weighted by Gasteiger charge is 2.36. The summed E-state index contributed by atoms with van der Waals surface area (Å²) in [4.78, 5) is 27.9. The standard InChI is InChI=1S/C26H24FN3O4S/c27-18-12-13-23-21(16-18)19-8-3-5-11-24(19)35(33,34)30(23)17-25(31)28-22-10-4-2-9-20(22)26(32)29-14-6-1-7-15-29/h2-5,8-13,16H,1,6-7,14-15,17H2,(H,28,31). The molecule has 0 unspecified atom stereocenters. The van der Waals surface area contributed by atoms with Gasteiger partial charge in [0.15, 0.2) is 0 Å². The smallest absolute Gasteiger partial charge is 0.265 e. The molecule has 3 aromatic carbocycles. The van der Waals surface area contributed by atoms with Crippen LogP contribution in [0.1, 0.15) is 29.6 Å². The number of sulfonamides is 1. The van der Waals surface area contributed by atoms with E-state index in [4.69, 9.17) is 0 Å². The summed E-state index contributed by atoms with van der Waals surface area (Å²) in [6, 6.07) is 16.8. The number of amides is 2. The Labute approximate surface area is 203 Å². The van der Waals surface area contributed by atoms with Crippen molar-refractivity contribution in [2.75, 3.05) is 29.3 Å². The number of nitrogens with zero attached hydrogens (tertiary/aromatic N) is 2. The fourth-order valence-electron chi connectivity index (χ4n) is 4.64. The minimum absolute atomic E-state index is 0.00609. The predicted molar refractivity (Wildman–Crippen MR) is 131 cm³/mol. The van der Waals surface area contributed by atoms with Crippen LogP contribution in [0.2, 0.25) is 0 Å². The van der Waals surface area contributed by atoms with Gasteiger partial charge < -0.3 is 10.2 Å². The van der Waals surface area contributed by atoms with Crippen molar-refractivity contribution in [2.45, 2.75) is 24.2 Å². The van der Waals surface area contributed by atoms with Crippen LogP contribution >= 0.6 is 0 Å². The predicted octanol–water partition coefficient (Wildman–Crippen LogP) is 4.27. The maximum Gasteiger partial charge on any atom is 0.265 e. The number of hydrogen-bond acceptors (Lipinski definition) is 4. The quantitative estimate of drug-likeness (QED) is 0.588. The lowest BCUT2D eigenvalue weighted by Gasteiger charge is -2.31. The molecule has 0 saturated carbocycles. The van der Waals surface area contributed by atoms with Crippen LogP contribution in [0.15, 0.2) is 71.6 Å². The zero-order valence-corrected chi connectivity index (χ0v) is 19.7. The summed E-state index contributed by atoms with van der Waals surface area (Å²) in [5, 5.41) is 2.72. The van der Waals surface area contributed by atoms with E-state index in [1.54, 1.807) is 47.4 Å². The molecule has 1 saturated heterocycles. The van der Waals surface area contributed by atoms with Gasteiger partial charge in [0, 0.05) is 24.2 Å². The number of halogens is 1. The number of fused-ring (bicyclic) bond motifs is 3. The Morgan fingerprint density at radius 2 is 1.60 bits per heavy atom. The lowest BCUT2D eigenvalue weighted by atomic mass is 10.0. The molecule has 0 radical (unpaired) electrons. The Morgan fingerprint density at radius 3 is 2.40 bits per heavy atom. The minimum Gasteiger partial charge on any atom is -0.339 e. The first kappa shape index (κ1) is 23.0. The Balaban J connectivity index is 1.44. The van der Waals surface area contributed by atoms with Crippen molar-refractivity contribution in [3.05, 3.63) is 78.1 Å². The third-order valence-electron chi connectivity index (χ3n) is 6.33. The second kappa shape index (κ2) is 9.14. The van der Waals surface area contributed by atoms with Crippen LogP contribution in [0.5, 0.6) is 0 Å². The van der Waals surface area contributed by atoms with E-state index in [1.165, 1.54) is 24.3 Å². The van der Waals surface area contributed by atoms with Crippen molar-refractivity contribution < 1.29 is 22.4 Å². The van der Waals surface area contributed by atoms with E-state index in [1.807, 2.05) is 0 Å². The molecule has 1 fully saturated rings. The number of anilines is 2. The fourth-order valence-corrected chi connectivity index (χ4v) is 6.29. The molecule has 2 heterocycles. The molecule has 0 aromatic heterocycles. The van der Waals surface area contributed by atoms with Crippen molar-refractivity contribution in [2.24, 2.45) is 0 Å². The molecule has 2 amide bonds. The largest absolute Gasteiger partial charge is 0.339 e. The zero-order valence-electron chi connectivity index (χ0n) is 18.9. The number of benzene rings is 3. The van der Waals surface area contributed by atoms with E-state index >= 15 is 0 Å². The molecule has 0 aliphatic carbocycles. The molecule has 2 aliphatic rings. The highest BCUT2D eigenvalue weighted by molar-refractivity contribution is 7.93. The van der Waals surface area contributed by atoms with Gasteiger partial charge in [0.1, 0.15) is 12.4 Å². The number of hydrogen-bond donors (Lipinski definition) is 1. The molecule has 35 heavy (non-hydrogen) atoms. The van der Waals surface area contributed by atoms with Crippen LogP contribution in [-0.4, -0.2) is 44.8 Å². The maximum atomic E-state index is 14.0. The summed E-state index contributed by atoms with van der Waals surface area (Å²) in [6.45, 7) is 0.807. The van der Waals surface area contributed by atoms with E-state index < -0.39 is 28.3 Å². The first-order valence-corrected chi connectivity index (χ1v) is 12.9. The van der Waals surface area contributed by atoms with Gasteiger partial charge >= 0.3 is 0 Å². The van der Waals surface area contributed by atoms with Gasteiger partial charge in [-0.25, -0.2) is 12.8 Å². The Morgan fingerprint density at radius 1 is 0.886 bits per heavy atom. The average molecular weight is 494 g/mol. The van der Waals surface area contributed by atoms with Gasteiger partial charge in [-0.15, -0.1) is 0 Å². The molecule has 3 aromatic rings. The van der Waals surface area contributed by atoms with Gasteiger partial charge in [-0.2, -0.15) is 0 Å². The molecular weight excluding hydrogens is 469 g/mol. The van der Waals surface area contributed by atoms with Crippen LogP contribution in [0.3, 0.4) is 0 Å². The number of nitrogens with one attached hydrogen (secondary N) is 1. The number of carbonyl (C=O) groups excluding carboxylic acids is 2. The molecule has 2 aliphatic heterocycles. The fraction of sp³-hybridized carbons (Fsp3) is 0.231. The van der Waals surface area contributed by atoms with Crippen molar-refractivity contribution in [1.29, 1.82) is 0 Å². The summed E-state index contributed by atoms with van der Waals surface area (Å²) in [5.41, 5.74) is 1.68. The topological polar surface area (TPSA) is 86.8 Å². The lowest BCUT2D eigenvalue weighted by molar-refractivity contribution is -0.114. The van der Waals surface area contributed by atoms with Crippen LogP contribution in [0, 0.1) is 5.82 Å². The Hall–Kier alpha value is -3.72. The van der Waals surface area contributed by atoms with E-state index in [-0.39, 0.29) is 16.5 Å². The molecule has 0 spiro atoms. The molecule has 0 bridgehead atoms. The summed E-state index contributed by atoms with van der Waals surface area (Å²) in [6.07, 6.45) is 2.96. The second-order valence-corrected chi connectivity index (χ2v) is 10.4. The molecule has 180 valence electrons. The second-order valence-electron chi connectivity index (χ2n) is 8.62. The van der Waals surface area contributed by atoms with Crippen molar-refractivity contribution in [1.82, 2.24) is 4.90 Å². The number of carbonyl (C=O) groups is 2. The molecule has 0 atom stereocenters. The highest BCUT2D eigenvalue weighted by atomic mass is 32.2. The van der Waals surface area contributed by atoms with Crippen LogP contribution in [0.4, 0.5) is 15.8 Å². The van der Waals surface area contributed by atoms with Gasteiger partial charge in [-0.3, -0.25) is 13.9 Å². The molecule has 7 nitrogen and oxygen atoms in total. The number of rotatable bonds is 4. The minimum atomic E-state index is -4.07. The van der Waals surface area contributed by atoms with Crippen LogP contribution in [-0.2, 0) is 14.8 Å². The third kappa shape index (κ3) is 4.27. The third-order valence-corrected chi connectivity index (χ3v) is 8.15. The van der Waals surface area contributed by atoms with Crippen molar-refractivity contribution >= 4 is 33.2 Å². The SMILES string of the molecule is O=C(CN1c2ccc(F)cc2-c2ccccc2S1(=O)=O)Nc1ccccc1C(=O)N1CCCCC1. The van der Waals surface area contributed by atoms with Gasteiger partial charge in [-0.1, -0.05) is 30.3 Å². The number of likely N-dealkylation sites (tertiary alicyclic amines) is 1.